The third-order valence-corrected chi connectivity index (χ3v) is 2.97. The molecule has 0 bridgehead atoms. The zero-order valence-electron chi connectivity index (χ0n) is 9.21. The van der Waals surface area contributed by atoms with Gasteiger partial charge in [-0.3, -0.25) is 0 Å². The molecular weight excluding hydrogens is 204 g/mol. The summed E-state index contributed by atoms with van der Waals surface area (Å²) in [6.45, 7) is 2.20. The van der Waals surface area contributed by atoms with E-state index in [-0.39, 0.29) is 6.10 Å². The van der Waals surface area contributed by atoms with Crippen molar-refractivity contribution in [3.05, 3.63) is 23.9 Å². The maximum atomic E-state index is 5.65. The lowest BCUT2D eigenvalue weighted by molar-refractivity contribution is 0.362. The second kappa shape index (κ2) is 3.83. The van der Waals surface area contributed by atoms with Gasteiger partial charge in [0.2, 0.25) is 0 Å². The number of fused-ring (bicyclic) bond motifs is 1. The first-order valence-electron chi connectivity index (χ1n) is 5.71. The molecule has 0 spiro atoms. The van der Waals surface area contributed by atoms with Gasteiger partial charge in [-0.1, -0.05) is 25.8 Å². The minimum Gasteiger partial charge on any atom is -0.364 e. The Morgan fingerprint density at radius 3 is 3.25 bits per heavy atom. The highest BCUT2D eigenvalue weighted by Gasteiger charge is 2.39. The van der Waals surface area contributed by atoms with Crippen molar-refractivity contribution in [2.75, 3.05) is 0 Å². The number of rotatable bonds is 4. The Kier molecular flexibility index (Phi) is 2.32. The molecule has 5 nitrogen and oxygen atoms in total. The minimum atomic E-state index is 0.250. The fourth-order valence-corrected chi connectivity index (χ4v) is 1.99. The van der Waals surface area contributed by atoms with Crippen LogP contribution >= 0.6 is 0 Å². The van der Waals surface area contributed by atoms with Gasteiger partial charge in [0.15, 0.2) is 5.65 Å². The number of unbranched alkanes of at least 4 members (excludes halogenated alkanes) is 1. The van der Waals surface area contributed by atoms with Crippen LogP contribution in [0.3, 0.4) is 0 Å². The highest BCUT2D eigenvalue weighted by molar-refractivity contribution is 5.37. The van der Waals surface area contributed by atoms with Gasteiger partial charge in [-0.2, -0.15) is 0 Å². The van der Waals surface area contributed by atoms with Crippen LogP contribution in [0.4, 0.5) is 0 Å². The lowest BCUT2D eigenvalue weighted by atomic mass is 10.1. The van der Waals surface area contributed by atoms with Crippen molar-refractivity contribution in [3.63, 3.8) is 0 Å². The van der Waals surface area contributed by atoms with Crippen molar-refractivity contribution in [2.45, 2.75) is 38.4 Å². The quantitative estimate of drug-likeness (QED) is 0.734. The first-order valence-corrected chi connectivity index (χ1v) is 5.71. The summed E-state index contributed by atoms with van der Waals surface area (Å²) < 4.78 is 7.34. The summed E-state index contributed by atoms with van der Waals surface area (Å²) in [6, 6.07) is 3.97. The van der Waals surface area contributed by atoms with Crippen LogP contribution in [0.5, 0.6) is 0 Å². The Morgan fingerprint density at radius 2 is 2.38 bits per heavy atom. The third kappa shape index (κ3) is 1.67. The fourth-order valence-electron chi connectivity index (χ4n) is 1.99. The molecule has 16 heavy (non-hydrogen) atoms. The predicted octanol–water partition coefficient (Wildman–Crippen LogP) is 1.75. The lowest BCUT2D eigenvalue weighted by Gasteiger charge is -1.96. The molecule has 0 saturated carbocycles. The van der Waals surface area contributed by atoms with E-state index < -0.39 is 0 Å². The topological polar surface area (TPSA) is 55.6 Å². The lowest BCUT2D eigenvalue weighted by Crippen LogP contribution is -1.93. The molecule has 2 aromatic rings. The van der Waals surface area contributed by atoms with Crippen molar-refractivity contribution < 1.29 is 4.74 Å². The van der Waals surface area contributed by atoms with E-state index in [0.717, 1.165) is 12.1 Å². The molecule has 5 heteroatoms. The van der Waals surface area contributed by atoms with Crippen LogP contribution < -0.4 is 0 Å². The van der Waals surface area contributed by atoms with Crippen LogP contribution in [-0.4, -0.2) is 26.1 Å². The second-order valence-electron chi connectivity index (χ2n) is 4.18. The Balaban J connectivity index is 1.75. The first kappa shape index (κ1) is 9.72. The Labute approximate surface area is 93.4 Å². The molecule has 0 aromatic carbocycles. The van der Waals surface area contributed by atoms with Crippen LogP contribution in [0, 0.1) is 0 Å². The van der Waals surface area contributed by atoms with Crippen molar-refractivity contribution in [2.24, 2.45) is 0 Å². The SMILES string of the molecule is CCCC[C@H]1OC1c1ccc2nnnn2c1. The number of hydrogen-bond acceptors (Lipinski definition) is 4. The smallest absolute Gasteiger partial charge is 0.179 e. The monoisotopic (exact) mass is 218 g/mol. The molecule has 1 aliphatic rings. The molecule has 2 aromatic heterocycles. The first-order chi connectivity index (χ1) is 7.88. The average molecular weight is 218 g/mol. The molecule has 3 heterocycles. The van der Waals surface area contributed by atoms with E-state index in [1.54, 1.807) is 4.52 Å². The average Bonchev–Trinajstić information content (AvgIpc) is 2.93. The number of epoxide rings is 1. The van der Waals surface area contributed by atoms with Gasteiger partial charge >= 0.3 is 0 Å². The zero-order valence-corrected chi connectivity index (χ0v) is 9.21. The molecule has 0 radical (unpaired) electrons. The van der Waals surface area contributed by atoms with Crippen LogP contribution in [0.2, 0.25) is 0 Å². The maximum absolute atomic E-state index is 5.65. The van der Waals surface area contributed by atoms with Crippen LogP contribution in [0.25, 0.3) is 5.65 Å². The highest BCUT2D eigenvalue weighted by atomic mass is 16.6. The molecule has 1 saturated heterocycles. The van der Waals surface area contributed by atoms with Gasteiger partial charge in [0.05, 0.1) is 6.10 Å². The standard InChI is InChI=1S/C11H14N4O/c1-2-3-4-9-11(16-9)8-5-6-10-12-13-14-15(10)7-8/h5-7,9,11H,2-4H2,1H3/t9-,11?/m1/s1. The van der Waals surface area contributed by atoms with Crippen LogP contribution in [0.1, 0.15) is 37.9 Å². The molecule has 0 N–H and O–H groups in total. The summed E-state index contributed by atoms with van der Waals surface area (Å²) in [4.78, 5) is 0. The van der Waals surface area contributed by atoms with E-state index in [0.29, 0.717) is 6.10 Å². The number of ether oxygens (including phenoxy) is 1. The van der Waals surface area contributed by atoms with Gasteiger partial charge in [0.25, 0.3) is 0 Å². The zero-order chi connectivity index (χ0) is 11.0. The van der Waals surface area contributed by atoms with Gasteiger partial charge < -0.3 is 4.74 Å². The van der Waals surface area contributed by atoms with E-state index in [1.807, 2.05) is 18.3 Å². The summed E-state index contributed by atoms with van der Waals surface area (Å²) in [6.07, 6.45) is 6.20. The Hall–Kier alpha value is -1.49. The van der Waals surface area contributed by atoms with Gasteiger partial charge in [-0.05, 0) is 22.9 Å². The number of aromatic nitrogens is 4. The molecule has 0 aliphatic carbocycles. The highest BCUT2D eigenvalue weighted by Crippen LogP contribution is 2.41. The summed E-state index contributed by atoms with van der Waals surface area (Å²) in [7, 11) is 0. The normalized spacial score (nSPS) is 23.8. The van der Waals surface area contributed by atoms with E-state index in [9.17, 15) is 0 Å². The van der Waals surface area contributed by atoms with E-state index >= 15 is 0 Å². The van der Waals surface area contributed by atoms with Crippen molar-refractivity contribution in [3.8, 4) is 0 Å². The summed E-state index contributed by atoms with van der Waals surface area (Å²) in [5.74, 6) is 0. The summed E-state index contributed by atoms with van der Waals surface area (Å²) in [5, 5.41) is 11.4. The Morgan fingerprint density at radius 1 is 1.44 bits per heavy atom. The van der Waals surface area contributed by atoms with E-state index in [4.69, 9.17) is 4.74 Å². The van der Waals surface area contributed by atoms with E-state index in [1.165, 1.54) is 18.4 Å². The molecule has 84 valence electrons. The number of hydrogen-bond donors (Lipinski definition) is 0. The van der Waals surface area contributed by atoms with Gasteiger partial charge in [-0.25, -0.2) is 4.52 Å². The largest absolute Gasteiger partial charge is 0.364 e. The van der Waals surface area contributed by atoms with Gasteiger partial charge in [0, 0.05) is 11.8 Å². The van der Waals surface area contributed by atoms with Gasteiger partial charge in [-0.15, -0.1) is 5.10 Å². The predicted molar refractivity (Wildman–Crippen MR) is 57.9 cm³/mol. The third-order valence-electron chi connectivity index (χ3n) is 2.97. The van der Waals surface area contributed by atoms with Gasteiger partial charge in [0.1, 0.15) is 6.10 Å². The molecular formula is C11H14N4O. The second-order valence-corrected chi connectivity index (χ2v) is 4.18. The summed E-state index contributed by atoms with van der Waals surface area (Å²) >= 11 is 0. The van der Waals surface area contributed by atoms with Crippen LogP contribution in [0.15, 0.2) is 18.3 Å². The minimum absolute atomic E-state index is 0.250. The van der Waals surface area contributed by atoms with Crippen molar-refractivity contribution in [1.29, 1.82) is 0 Å². The van der Waals surface area contributed by atoms with E-state index in [2.05, 4.69) is 22.4 Å². The number of pyridine rings is 1. The molecule has 1 unspecified atom stereocenters. The summed E-state index contributed by atoms with van der Waals surface area (Å²) in [5.41, 5.74) is 1.94. The molecule has 1 aliphatic heterocycles. The van der Waals surface area contributed by atoms with Crippen molar-refractivity contribution >= 4 is 5.65 Å². The molecule has 1 fully saturated rings. The molecule has 0 amide bonds. The number of tetrazole rings is 1. The maximum Gasteiger partial charge on any atom is 0.179 e. The Bertz CT molecular complexity index is 495. The van der Waals surface area contributed by atoms with Crippen molar-refractivity contribution in [1.82, 2.24) is 20.0 Å². The molecule has 3 rings (SSSR count). The molecule has 2 atom stereocenters. The number of nitrogens with zero attached hydrogens (tertiary/aromatic N) is 4. The van der Waals surface area contributed by atoms with Crippen LogP contribution in [-0.2, 0) is 4.74 Å². The fraction of sp³-hybridized carbons (Fsp3) is 0.545.